The molecule has 162 valence electrons. The van der Waals surface area contributed by atoms with Crippen molar-refractivity contribution in [1.29, 1.82) is 0 Å². The molecule has 0 unspecified atom stereocenters. The monoisotopic (exact) mass is 433 g/mol. The lowest BCUT2D eigenvalue weighted by Gasteiger charge is -2.30. The molecule has 0 saturated carbocycles. The Labute approximate surface area is 176 Å². The van der Waals surface area contributed by atoms with Crippen LogP contribution in [0.2, 0.25) is 0 Å². The molecule has 2 aromatic rings. The average Bonchev–Trinajstić information content (AvgIpc) is 2.77. The summed E-state index contributed by atoms with van der Waals surface area (Å²) in [6, 6.07) is 13.2. The summed E-state index contributed by atoms with van der Waals surface area (Å²) >= 11 is 0. The van der Waals surface area contributed by atoms with E-state index >= 15 is 0 Å². The molecule has 8 nitrogen and oxygen atoms in total. The van der Waals surface area contributed by atoms with E-state index in [1.807, 2.05) is 30.3 Å². The number of piperidine rings is 1. The molecule has 0 aromatic heterocycles. The summed E-state index contributed by atoms with van der Waals surface area (Å²) in [5, 5.41) is 21.3. The van der Waals surface area contributed by atoms with Crippen LogP contribution >= 0.6 is 0 Å². The van der Waals surface area contributed by atoms with Crippen LogP contribution in [-0.2, 0) is 10.0 Å². The third kappa shape index (κ3) is 4.63. The van der Waals surface area contributed by atoms with Gasteiger partial charge in [-0.25, -0.2) is 8.42 Å². The van der Waals surface area contributed by atoms with Gasteiger partial charge in [-0.1, -0.05) is 36.8 Å². The van der Waals surface area contributed by atoms with Crippen molar-refractivity contribution < 1.29 is 18.4 Å². The molecular weight excluding hydrogens is 406 g/mol. The van der Waals surface area contributed by atoms with Crippen LogP contribution in [0.4, 0.5) is 11.4 Å². The Morgan fingerprint density at radius 2 is 1.80 bits per heavy atom. The van der Waals surface area contributed by atoms with Crippen LogP contribution < -0.4 is 4.90 Å². The molecule has 1 atom stereocenters. The van der Waals surface area contributed by atoms with Crippen LogP contribution in [0.5, 0.6) is 0 Å². The summed E-state index contributed by atoms with van der Waals surface area (Å²) in [5.74, 6) is 0. The summed E-state index contributed by atoms with van der Waals surface area (Å²) in [4.78, 5) is 12.9. The average molecular weight is 434 g/mol. The van der Waals surface area contributed by atoms with Crippen LogP contribution in [-0.4, -0.2) is 49.5 Å². The van der Waals surface area contributed by atoms with Gasteiger partial charge >= 0.3 is 0 Å². The number of nitro groups is 1. The number of aliphatic hydroxyl groups is 1. The lowest BCUT2D eigenvalue weighted by Crippen LogP contribution is -2.35. The standard InChI is InChI=1S/C21H27N3O5S/c1-22(19(12-15-25)17-8-4-2-5-9-17)20-11-10-18(16-21(20)24(26)27)30(28,29)23-13-6-3-7-14-23/h2,4-5,8-11,16,19,25H,3,6-7,12-15H2,1H3/t19-/m1/s1. The molecule has 3 rings (SSSR count). The van der Waals surface area contributed by atoms with Gasteiger partial charge in [0.15, 0.2) is 0 Å². The van der Waals surface area contributed by atoms with Crippen LogP contribution in [0, 0.1) is 10.1 Å². The van der Waals surface area contributed by atoms with E-state index in [0.29, 0.717) is 25.2 Å². The van der Waals surface area contributed by atoms with Crippen molar-refractivity contribution in [2.24, 2.45) is 0 Å². The Morgan fingerprint density at radius 1 is 1.13 bits per heavy atom. The van der Waals surface area contributed by atoms with Crippen molar-refractivity contribution in [3.63, 3.8) is 0 Å². The Kier molecular flexibility index (Phi) is 7.06. The fourth-order valence-electron chi connectivity index (χ4n) is 3.91. The highest BCUT2D eigenvalue weighted by Gasteiger charge is 2.30. The summed E-state index contributed by atoms with van der Waals surface area (Å²) in [6.07, 6.45) is 2.96. The van der Waals surface area contributed by atoms with Gasteiger partial charge in [-0.05, 0) is 37.0 Å². The first-order valence-electron chi connectivity index (χ1n) is 10.0. The van der Waals surface area contributed by atoms with E-state index in [2.05, 4.69) is 0 Å². The molecule has 1 fully saturated rings. The molecule has 30 heavy (non-hydrogen) atoms. The molecule has 1 N–H and O–H groups in total. The van der Waals surface area contributed by atoms with Gasteiger partial charge in [0, 0.05) is 32.8 Å². The number of sulfonamides is 1. The molecule has 1 aliphatic heterocycles. The number of benzene rings is 2. The highest BCUT2D eigenvalue weighted by atomic mass is 32.2. The van der Waals surface area contributed by atoms with Crippen molar-refractivity contribution in [2.75, 3.05) is 31.6 Å². The zero-order valence-corrected chi connectivity index (χ0v) is 17.8. The first-order valence-corrected chi connectivity index (χ1v) is 11.5. The molecule has 0 spiro atoms. The smallest absolute Gasteiger partial charge is 0.293 e. The van der Waals surface area contributed by atoms with Gasteiger partial charge in [0.2, 0.25) is 10.0 Å². The van der Waals surface area contributed by atoms with Gasteiger partial charge in [0.25, 0.3) is 5.69 Å². The normalized spacial score (nSPS) is 16.2. The maximum Gasteiger partial charge on any atom is 0.293 e. The molecule has 1 heterocycles. The van der Waals surface area contributed by atoms with Gasteiger partial charge in [-0.2, -0.15) is 4.31 Å². The fourth-order valence-corrected chi connectivity index (χ4v) is 5.45. The van der Waals surface area contributed by atoms with Crippen molar-refractivity contribution in [1.82, 2.24) is 4.31 Å². The minimum absolute atomic E-state index is 0.0633. The van der Waals surface area contributed by atoms with Gasteiger partial charge in [0.05, 0.1) is 15.9 Å². The number of hydrogen-bond acceptors (Lipinski definition) is 6. The molecule has 1 saturated heterocycles. The summed E-state index contributed by atoms with van der Waals surface area (Å²) < 4.78 is 27.3. The molecule has 0 aliphatic carbocycles. The second kappa shape index (κ2) is 9.55. The third-order valence-corrected chi connectivity index (χ3v) is 7.43. The number of rotatable bonds is 8. The largest absolute Gasteiger partial charge is 0.396 e. The summed E-state index contributed by atoms with van der Waals surface area (Å²) in [5.41, 5.74) is 0.947. The molecule has 2 aromatic carbocycles. The molecule has 1 aliphatic rings. The summed E-state index contributed by atoms with van der Waals surface area (Å²) in [7, 11) is -2.06. The fraction of sp³-hybridized carbons (Fsp3) is 0.429. The summed E-state index contributed by atoms with van der Waals surface area (Å²) in [6.45, 7) is 0.786. The maximum atomic E-state index is 13.0. The maximum absolute atomic E-state index is 13.0. The first kappa shape index (κ1) is 22.2. The lowest BCUT2D eigenvalue weighted by molar-refractivity contribution is -0.384. The molecule has 9 heteroatoms. The Hall–Kier alpha value is -2.49. The number of nitro benzene ring substituents is 1. The van der Waals surface area contributed by atoms with E-state index in [1.54, 1.807) is 11.9 Å². The van der Waals surface area contributed by atoms with Crippen molar-refractivity contribution in [3.8, 4) is 0 Å². The highest BCUT2D eigenvalue weighted by Crippen LogP contribution is 2.36. The minimum Gasteiger partial charge on any atom is -0.396 e. The van der Waals surface area contributed by atoms with Crippen molar-refractivity contribution in [3.05, 3.63) is 64.2 Å². The van der Waals surface area contributed by atoms with Crippen LogP contribution in [0.15, 0.2) is 53.4 Å². The lowest BCUT2D eigenvalue weighted by atomic mass is 10.0. The van der Waals surface area contributed by atoms with E-state index in [1.165, 1.54) is 16.4 Å². The van der Waals surface area contributed by atoms with E-state index in [-0.39, 0.29) is 23.2 Å². The van der Waals surface area contributed by atoms with Crippen LogP contribution in [0.25, 0.3) is 0 Å². The van der Waals surface area contributed by atoms with Gasteiger partial charge < -0.3 is 10.0 Å². The SMILES string of the molecule is CN(c1ccc(S(=O)(=O)N2CCCCC2)cc1[N+](=O)[O-])[C@H](CCO)c1ccccc1. The van der Waals surface area contributed by atoms with Gasteiger partial charge in [0.1, 0.15) is 5.69 Å². The quantitative estimate of drug-likeness (QED) is 0.506. The zero-order chi connectivity index (χ0) is 21.7. The number of nitrogens with zero attached hydrogens (tertiary/aromatic N) is 3. The third-order valence-electron chi connectivity index (χ3n) is 5.53. The molecular formula is C21H27N3O5S. The molecule has 0 amide bonds. The van der Waals surface area contributed by atoms with Gasteiger partial charge in [-0.15, -0.1) is 0 Å². The first-order chi connectivity index (χ1) is 14.4. The van der Waals surface area contributed by atoms with E-state index in [4.69, 9.17) is 0 Å². The van der Waals surface area contributed by atoms with E-state index in [9.17, 15) is 23.6 Å². The van der Waals surface area contributed by atoms with Crippen molar-refractivity contribution in [2.45, 2.75) is 36.6 Å². The Bertz CT molecular complexity index is 975. The predicted octanol–water partition coefficient (Wildman–Crippen LogP) is 3.33. The highest BCUT2D eigenvalue weighted by molar-refractivity contribution is 7.89. The number of anilines is 1. The predicted molar refractivity (Wildman–Crippen MR) is 115 cm³/mol. The second-order valence-electron chi connectivity index (χ2n) is 7.42. The van der Waals surface area contributed by atoms with E-state index in [0.717, 1.165) is 30.9 Å². The zero-order valence-electron chi connectivity index (χ0n) is 17.0. The van der Waals surface area contributed by atoms with E-state index < -0.39 is 14.9 Å². The second-order valence-corrected chi connectivity index (χ2v) is 9.36. The molecule has 0 bridgehead atoms. The number of hydrogen-bond donors (Lipinski definition) is 1. The van der Waals surface area contributed by atoms with Crippen molar-refractivity contribution >= 4 is 21.4 Å². The topological polar surface area (TPSA) is 104 Å². The van der Waals surface area contributed by atoms with Gasteiger partial charge in [-0.3, -0.25) is 10.1 Å². The number of aliphatic hydroxyl groups excluding tert-OH is 1. The van der Waals surface area contributed by atoms with Crippen LogP contribution in [0.3, 0.4) is 0 Å². The Balaban J connectivity index is 1.99. The minimum atomic E-state index is -3.77. The molecule has 0 radical (unpaired) electrons. The van der Waals surface area contributed by atoms with Crippen LogP contribution in [0.1, 0.15) is 37.3 Å². The Morgan fingerprint density at radius 3 is 2.40 bits per heavy atom.